The van der Waals surface area contributed by atoms with Gasteiger partial charge in [-0.3, -0.25) is 4.79 Å². The van der Waals surface area contributed by atoms with Crippen molar-refractivity contribution in [3.05, 3.63) is 107 Å². The van der Waals surface area contributed by atoms with Crippen LogP contribution in [0.3, 0.4) is 0 Å². The number of aromatic carboxylic acids is 1. The van der Waals surface area contributed by atoms with E-state index in [1.807, 2.05) is 33.3 Å². The lowest BCUT2D eigenvalue weighted by Gasteiger charge is -1.98. The van der Waals surface area contributed by atoms with Gasteiger partial charge in [0.25, 0.3) is 0 Å². The molecule has 0 saturated heterocycles. The van der Waals surface area contributed by atoms with Crippen LogP contribution in [0.25, 0.3) is 11.3 Å². The normalized spacial score (nSPS) is 13.6. The van der Waals surface area contributed by atoms with Crippen molar-refractivity contribution in [2.24, 2.45) is 5.73 Å². The molecule has 0 amide bonds. The molecule has 8 aromatic heterocycles. The lowest BCUT2D eigenvalue weighted by molar-refractivity contribution is 0.0690. The zero-order valence-electron chi connectivity index (χ0n) is 30.4. The second-order valence-corrected chi connectivity index (χ2v) is 13.6. The smallest absolute Gasteiger partial charge is 0.358 e. The van der Waals surface area contributed by atoms with Gasteiger partial charge < -0.3 is 39.9 Å². The molecule has 10 rings (SSSR count). The number of pyridine rings is 2. The summed E-state index contributed by atoms with van der Waals surface area (Å²) in [5.74, 6) is 0.866. The summed E-state index contributed by atoms with van der Waals surface area (Å²) in [4.78, 5) is 32.2. The van der Waals surface area contributed by atoms with Crippen molar-refractivity contribution in [2.45, 2.75) is 70.0 Å². The predicted octanol–water partition coefficient (Wildman–Crippen LogP) is 2.29. The highest BCUT2D eigenvalue weighted by Gasteiger charge is 2.25. The van der Waals surface area contributed by atoms with E-state index in [9.17, 15) is 9.59 Å². The van der Waals surface area contributed by atoms with Gasteiger partial charge in [0.05, 0.1) is 43.4 Å². The quantitative estimate of drug-likeness (QED) is 0.129. The molecule has 2 fully saturated rings. The highest BCUT2D eigenvalue weighted by atomic mass is 16.4. The molecule has 0 atom stereocenters. The molecule has 0 radical (unpaired) electrons. The lowest BCUT2D eigenvalue weighted by Crippen LogP contribution is -2.02. The number of anilines is 2. The second kappa shape index (κ2) is 15.8. The van der Waals surface area contributed by atoms with Crippen LogP contribution in [-0.4, -0.2) is 86.0 Å². The van der Waals surface area contributed by atoms with Gasteiger partial charge in [-0.05, 0) is 60.8 Å². The number of hydrogen-bond donors (Lipinski definition) is 4. The van der Waals surface area contributed by atoms with Crippen LogP contribution >= 0.6 is 0 Å². The summed E-state index contributed by atoms with van der Waals surface area (Å²) in [5, 5.41) is 38.4. The highest BCUT2D eigenvalue weighted by molar-refractivity contribution is 5.93. The molecule has 2 saturated carbocycles. The van der Waals surface area contributed by atoms with Crippen molar-refractivity contribution in [1.82, 2.24) is 69.2 Å². The summed E-state index contributed by atoms with van der Waals surface area (Å²) in [5.41, 5.74) is 21.9. The predicted molar refractivity (Wildman–Crippen MR) is 198 cm³/mol. The molecule has 0 aliphatic heterocycles. The first-order chi connectivity index (χ1) is 27.6. The topological polar surface area (TPSA) is 306 Å². The number of fused-ring (bicyclic) bond motifs is 2. The van der Waals surface area contributed by atoms with E-state index < -0.39 is 5.97 Å². The minimum Gasteiger partial charge on any atom is -0.476 e. The molecule has 8 aromatic rings. The maximum Gasteiger partial charge on any atom is 0.358 e. The zero-order chi connectivity index (χ0) is 39.5. The number of nitrogens with two attached hydrogens (primary N) is 3. The molecular formula is C35H37N17O5. The number of hydrogen-bond acceptors (Lipinski definition) is 17. The second-order valence-electron chi connectivity index (χ2n) is 13.6. The van der Waals surface area contributed by atoms with E-state index in [0.717, 1.165) is 22.7 Å². The Kier molecular flexibility index (Phi) is 10.1. The van der Waals surface area contributed by atoms with Crippen molar-refractivity contribution in [2.75, 3.05) is 11.5 Å². The number of ketones is 1. The average molecular weight is 776 g/mol. The third-order valence-corrected chi connectivity index (χ3v) is 9.08. The Hall–Kier alpha value is -7.36. The number of carboxylic acid groups (broad SMARTS) is 1. The number of imidazole rings is 2. The van der Waals surface area contributed by atoms with Gasteiger partial charge in [-0.2, -0.15) is 0 Å². The molecule has 0 aromatic carbocycles. The molecule has 57 heavy (non-hydrogen) atoms. The van der Waals surface area contributed by atoms with Crippen LogP contribution in [0.2, 0.25) is 0 Å². The molecule has 0 bridgehead atoms. The fraction of sp³-hybridized carbons (Fsp3) is 0.314. The number of rotatable bonds is 12. The first kappa shape index (κ1) is 36.6. The van der Waals surface area contributed by atoms with Crippen molar-refractivity contribution in [3.63, 3.8) is 0 Å². The SMILES string of the molecule is NCc1nnc(N)o1.Nc1nnc(CCC(=O)c2cn(Cc3cn4cc(C5CC5)ccc4n3)nn2)o1.O=C(O)c1cn(Cc2cn3cc(C4CC4)ccc3n2)nn1. The minimum atomic E-state index is -1.08. The van der Waals surface area contributed by atoms with Crippen LogP contribution in [0.4, 0.5) is 12.0 Å². The van der Waals surface area contributed by atoms with Crippen LogP contribution in [0.15, 0.2) is 70.3 Å². The molecule has 0 unspecified atom stereocenters. The Labute approximate surface area is 321 Å². The van der Waals surface area contributed by atoms with E-state index in [2.05, 4.69) is 79.9 Å². The average Bonchev–Trinajstić information content (AvgIpc) is 3.77. The van der Waals surface area contributed by atoms with E-state index in [0.29, 0.717) is 48.8 Å². The fourth-order valence-electron chi connectivity index (χ4n) is 5.97. The van der Waals surface area contributed by atoms with Crippen molar-refractivity contribution in [3.8, 4) is 0 Å². The summed E-state index contributed by atoms with van der Waals surface area (Å²) in [7, 11) is 0. The molecule has 2 aliphatic carbocycles. The summed E-state index contributed by atoms with van der Waals surface area (Å²) < 4.78 is 16.9. The van der Waals surface area contributed by atoms with Gasteiger partial charge in [0.1, 0.15) is 17.0 Å². The fourth-order valence-corrected chi connectivity index (χ4v) is 5.97. The van der Waals surface area contributed by atoms with Gasteiger partial charge >= 0.3 is 18.0 Å². The minimum absolute atomic E-state index is 0.00917. The Morgan fingerprint density at radius 3 is 1.61 bits per heavy atom. The Balaban J connectivity index is 0.000000137. The van der Waals surface area contributed by atoms with Gasteiger partial charge in [-0.25, -0.2) is 24.1 Å². The lowest BCUT2D eigenvalue weighted by atomic mass is 10.2. The van der Waals surface area contributed by atoms with Crippen LogP contribution in [0.1, 0.15) is 99.2 Å². The first-order valence-electron chi connectivity index (χ1n) is 18.0. The van der Waals surface area contributed by atoms with Gasteiger partial charge in [-0.1, -0.05) is 32.8 Å². The molecule has 7 N–H and O–H groups in total. The third kappa shape index (κ3) is 9.13. The first-order valence-corrected chi connectivity index (χ1v) is 18.0. The number of carbonyl (C=O) groups is 2. The van der Waals surface area contributed by atoms with E-state index in [1.54, 1.807) is 10.9 Å². The molecule has 8 heterocycles. The molecular weight excluding hydrogens is 738 g/mol. The Morgan fingerprint density at radius 2 is 1.18 bits per heavy atom. The maximum atomic E-state index is 12.3. The summed E-state index contributed by atoms with van der Waals surface area (Å²) in [6, 6.07) is 8.38. The zero-order valence-corrected chi connectivity index (χ0v) is 30.4. The van der Waals surface area contributed by atoms with Gasteiger partial charge in [0, 0.05) is 37.6 Å². The number of aromatic nitrogens is 14. The van der Waals surface area contributed by atoms with E-state index in [1.165, 1.54) is 47.7 Å². The summed E-state index contributed by atoms with van der Waals surface area (Å²) in [6.07, 6.45) is 16.8. The van der Waals surface area contributed by atoms with Crippen LogP contribution in [-0.2, 0) is 26.1 Å². The van der Waals surface area contributed by atoms with Crippen LogP contribution in [0, 0.1) is 0 Å². The summed E-state index contributed by atoms with van der Waals surface area (Å²) >= 11 is 0. The third-order valence-electron chi connectivity index (χ3n) is 9.08. The number of nitrogens with zero attached hydrogens (tertiary/aromatic N) is 14. The number of carboxylic acids is 1. The van der Waals surface area contributed by atoms with E-state index >= 15 is 0 Å². The number of Topliss-reactive ketones (excluding diaryl/α,β-unsaturated/α-hetero) is 1. The monoisotopic (exact) mass is 775 g/mol. The number of carbonyl (C=O) groups excluding carboxylic acids is 1. The maximum absolute atomic E-state index is 12.3. The Morgan fingerprint density at radius 1 is 0.667 bits per heavy atom. The van der Waals surface area contributed by atoms with Gasteiger partial charge in [0.2, 0.25) is 11.8 Å². The van der Waals surface area contributed by atoms with Crippen molar-refractivity contribution >= 4 is 35.1 Å². The molecule has 0 spiro atoms. The number of aryl methyl sites for hydroxylation is 1. The van der Waals surface area contributed by atoms with Gasteiger partial charge in [0.15, 0.2) is 11.5 Å². The largest absolute Gasteiger partial charge is 0.476 e. The van der Waals surface area contributed by atoms with Crippen LogP contribution < -0.4 is 17.2 Å². The molecule has 292 valence electrons. The van der Waals surface area contributed by atoms with Crippen molar-refractivity contribution < 1.29 is 23.5 Å². The highest BCUT2D eigenvalue weighted by Crippen LogP contribution is 2.40. The van der Waals surface area contributed by atoms with E-state index in [4.69, 9.17) is 26.7 Å². The Bertz CT molecular complexity index is 2660. The number of nitrogen functional groups attached to an aromatic ring is 2. The van der Waals surface area contributed by atoms with E-state index in [-0.39, 0.29) is 36.5 Å². The van der Waals surface area contributed by atoms with Crippen LogP contribution in [0.5, 0.6) is 0 Å². The molecule has 22 nitrogen and oxygen atoms in total. The van der Waals surface area contributed by atoms with Gasteiger partial charge in [-0.15, -0.1) is 20.4 Å². The molecule has 2 aliphatic rings. The summed E-state index contributed by atoms with van der Waals surface area (Å²) in [6.45, 7) is 1.09. The molecule has 22 heteroatoms. The van der Waals surface area contributed by atoms with Crippen molar-refractivity contribution in [1.29, 1.82) is 0 Å². The standard InChI is InChI=1S/C18H18N8O2.C14H13N5O2.C3H6N4O/c19-18-23-22-17(28-18)6-4-15(27)14-10-26(24-21-14)9-13-8-25-7-12(11-1-2-11)3-5-16(25)20-13;20-14(21)12-8-19(17-16-12)7-11-6-18-5-10(9-1-2-9)3-4-13(18)15-11;4-1-2-6-7-3(5)8-2/h3,5,7-8,10-11H,1-2,4,6,9H2,(H2,19,23);3-6,8-9H,1-2,7H2,(H,20,21);1,4H2,(H2,5,7).